The molecule has 0 aliphatic heterocycles. The van der Waals surface area contributed by atoms with E-state index < -0.39 is 17.6 Å². The predicted octanol–water partition coefficient (Wildman–Crippen LogP) is 1.64. The Morgan fingerprint density at radius 1 is 1.31 bits per heavy atom. The quantitative estimate of drug-likeness (QED) is 0.668. The largest absolute Gasteiger partial charge is 0.494 e. The number of ether oxygens (including phenoxy) is 2. The number of primary amides is 1. The fourth-order valence-corrected chi connectivity index (χ4v) is 2.51. The molecule has 1 heterocycles. The van der Waals surface area contributed by atoms with Crippen LogP contribution in [0.15, 0.2) is 12.1 Å². The van der Waals surface area contributed by atoms with E-state index in [0.29, 0.717) is 41.9 Å². The lowest BCUT2D eigenvalue weighted by Crippen LogP contribution is -2.33. The van der Waals surface area contributed by atoms with Gasteiger partial charge in [-0.1, -0.05) is 0 Å². The Balaban J connectivity index is 2.11. The first-order valence-corrected chi connectivity index (χ1v) is 8.23. The molecule has 0 radical (unpaired) electrons. The number of fused-ring (bicyclic) bond motifs is 1. The van der Waals surface area contributed by atoms with E-state index in [0.717, 1.165) is 0 Å². The van der Waals surface area contributed by atoms with Crippen molar-refractivity contribution in [3.63, 3.8) is 0 Å². The van der Waals surface area contributed by atoms with Crippen molar-refractivity contribution in [1.82, 2.24) is 14.9 Å². The number of hydrogen-bond donors (Lipinski definition) is 3. The van der Waals surface area contributed by atoms with Crippen molar-refractivity contribution < 1.29 is 19.1 Å². The Bertz CT molecular complexity index is 823. The Morgan fingerprint density at radius 3 is 2.58 bits per heavy atom. The van der Waals surface area contributed by atoms with Crippen molar-refractivity contribution in [3.8, 4) is 5.75 Å². The molecule has 0 aliphatic rings. The van der Waals surface area contributed by atoms with Crippen LogP contribution in [0.5, 0.6) is 5.75 Å². The van der Waals surface area contributed by atoms with Crippen LogP contribution in [-0.4, -0.2) is 40.8 Å². The van der Waals surface area contributed by atoms with Gasteiger partial charge in [0.05, 0.1) is 12.6 Å². The molecule has 2 amide bonds. The molecule has 2 rings (SSSR count). The minimum atomic E-state index is -0.570. The minimum Gasteiger partial charge on any atom is -0.494 e. The summed E-state index contributed by atoms with van der Waals surface area (Å²) in [5.74, 6) is 0.178. The van der Waals surface area contributed by atoms with E-state index in [9.17, 15) is 9.59 Å². The second-order valence-electron chi connectivity index (χ2n) is 6.81. The average Bonchev–Trinajstić information content (AvgIpc) is 2.84. The molecule has 0 fully saturated rings. The summed E-state index contributed by atoms with van der Waals surface area (Å²) in [6, 6.07) is 3.13. The molecule has 0 bridgehead atoms. The number of amides is 2. The number of benzene rings is 1. The number of nitrogens with one attached hydrogen (secondary N) is 1. The number of rotatable bonds is 6. The van der Waals surface area contributed by atoms with Crippen LogP contribution in [0.3, 0.4) is 0 Å². The first-order chi connectivity index (χ1) is 12.1. The van der Waals surface area contributed by atoms with Gasteiger partial charge >= 0.3 is 6.09 Å². The molecule has 0 spiro atoms. The molecular formula is C17H25N5O4. The lowest BCUT2D eigenvalue weighted by atomic mass is 10.1. The van der Waals surface area contributed by atoms with Crippen LogP contribution in [0, 0.1) is 0 Å². The van der Waals surface area contributed by atoms with Crippen molar-refractivity contribution in [3.05, 3.63) is 17.7 Å². The molecule has 1 aromatic carbocycles. The van der Waals surface area contributed by atoms with E-state index >= 15 is 0 Å². The lowest BCUT2D eigenvalue weighted by molar-refractivity contribution is 0.0526. The van der Waals surface area contributed by atoms with Crippen LogP contribution in [0.25, 0.3) is 11.0 Å². The highest BCUT2D eigenvalue weighted by Gasteiger charge is 2.17. The number of nitrogens with two attached hydrogens (primary N) is 2. The topological polar surface area (TPSA) is 134 Å². The van der Waals surface area contributed by atoms with Gasteiger partial charge < -0.3 is 30.8 Å². The van der Waals surface area contributed by atoms with Gasteiger partial charge in [0.25, 0.3) is 0 Å². The molecule has 0 unspecified atom stereocenters. The maximum atomic E-state index is 11.7. The SMILES string of the molecule is COc1cc(C(N)=O)cc2nc(N)n(CCCNC(=O)OC(C)(C)C)c12. The van der Waals surface area contributed by atoms with Crippen LogP contribution in [0.1, 0.15) is 37.6 Å². The number of imidazole rings is 1. The maximum Gasteiger partial charge on any atom is 0.407 e. The molecule has 2 aromatic rings. The van der Waals surface area contributed by atoms with Gasteiger partial charge in [-0.05, 0) is 39.3 Å². The zero-order valence-corrected chi connectivity index (χ0v) is 15.5. The van der Waals surface area contributed by atoms with Crippen molar-refractivity contribution in [2.45, 2.75) is 39.3 Å². The van der Waals surface area contributed by atoms with Gasteiger partial charge in [0, 0.05) is 18.7 Å². The molecule has 9 nitrogen and oxygen atoms in total. The number of anilines is 1. The summed E-state index contributed by atoms with van der Waals surface area (Å²) in [4.78, 5) is 27.4. The van der Waals surface area contributed by atoms with E-state index in [4.69, 9.17) is 20.9 Å². The fraction of sp³-hybridized carbons (Fsp3) is 0.471. The van der Waals surface area contributed by atoms with Gasteiger partial charge in [0.15, 0.2) is 0 Å². The first-order valence-electron chi connectivity index (χ1n) is 8.23. The van der Waals surface area contributed by atoms with Crippen molar-refractivity contribution in [2.24, 2.45) is 5.73 Å². The highest BCUT2D eigenvalue weighted by molar-refractivity contribution is 5.98. The number of carbonyl (C=O) groups is 2. The van der Waals surface area contributed by atoms with E-state index in [1.807, 2.05) is 0 Å². The Morgan fingerprint density at radius 2 is 2.00 bits per heavy atom. The van der Waals surface area contributed by atoms with Crippen LogP contribution < -0.4 is 21.5 Å². The maximum absolute atomic E-state index is 11.7. The fourth-order valence-electron chi connectivity index (χ4n) is 2.51. The second kappa shape index (κ2) is 7.51. The summed E-state index contributed by atoms with van der Waals surface area (Å²) in [6.45, 7) is 6.33. The third-order valence-corrected chi connectivity index (χ3v) is 3.57. The summed E-state index contributed by atoms with van der Waals surface area (Å²) >= 11 is 0. The highest BCUT2D eigenvalue weighted by atomic mass is 16.6. The Hall–Kier alpha value is -2.97. The first kappa shape index (κ1) is 19.4. The molecule has 0 atom stereocenters. The third kappa shape index (κ3) is 4.56. The number of hydrogen-bond acceptors (Lipinski definition) is 6. The molecular weight excluding hydrogens is 338 g/mol. The van der Waals surface area contributed by atoms with Crippen molar-refractivity contribution >= 4 is 29.0 Å². The summed E-state index contributed by atoms with van der Waals surface area (Å²) < 4.78 is 12.3. The van der Waals surface area contributed by atoms with Gasteiger partial charge in [0.1, 0.15) is 16.9 Å². The molecule has 5 N–H and O–H groups in total. The zero-order chi connectivity index (χ0) is 19.5. The molecule has 26 heavy (non-hydrogen) atoms. The Labute approximate surface area is 151 Å². The number of carbonyl (C=O) groups excluding carboxylic acids is 2. The van der Waals surface area contributed by atoms with Crippen LogP contribution in [0.2, 0.25) is 0 Å². The third-order valence-electron chi connectivity index (χ3n) is 3.57. The van der Waals surface area contributed by atoms with Gasteiger partial charge in [-0.3, -0.25) is 4.79 Å². The summed E-state index contributed by atoms with van der Waals surface area (Å²) in [7, 11) is 1.50. The van der Waals surface area contributed by atoms with Gasteiger partial charge in [-0.25, -0.2) is 9.78 Å². The number of alkyl carbamates (subject to hydrolysis) is 1. The van der Waals surface area contributed by atoms with E-state index in [-0.39, 0.29) is 5.95 Å². The van der Waals surface area contributed by atoms with Gasteiger partial charge in [-0.15, -0.1) is 0 Å². The van der Waals surface area contributed by atoms with Crippen molar-refractivity contribution in [1.29, 1.82) is 0 Å². The molecule has 0 saturated carbocycles. The van der Waals surface area contributed by atoms with E-state index in [1.165, 1.54) is 7.11 Å². The summed E-state index contributed by atoms with van der Waals surface area (Å²) in [5.41, 5.74) is 12.3. The lowest BCUT2D eigenvalue weighted by Gasteiger charge is -2.19. The monoisotopic (exact) mass is 363 g/mol. The van der Waals surface area contributed by atoms with Crippen molar-refractivity contribution in [2.75, 3.05) is 19.4 Å². The van der Waals surface area contributed by atoms with Gasteiger partial charge in [0.2, 0.25) is 11.9 Å². The van der Waals surface area contributed by atoms with Crippen LogP contribution in [0.4, 0.5) is 10.7 Å². The molecule has 0 saturated heterocycles. The normalized spacial score (nSPS) is 11.4. The van der Waals surface area contributed by atoms with Crippen LogP contribution in [-0.2, 0) is 11.3 Å². The number of nitrogen functional groups attached to an aromatic ring is 1. The molecule has 0 aliphatic carbocycles. The molecule has 9 heteroatoms. The van der Waals surface area contributed by atoms with Crippen LogP contribution >= 0.6 is 0 Å². The number of nitrogens with zero attached hydrogens (tertiary/aromatic N) is 2. The summed E-state index contributed by atoms with van der Waals surface area (Å²) in [6.07, 6.45) is 0.139. The smallest absolute Gasteiger partial charge is 0.407 e. The van der Waals surface area contributed by atoms with E-state index in [2.05, 4.69) is 10.3 Å². The average molecular weight is 363 g/mol. The number of aryl methyl sites for hydroxylation is 1. The number of methoxy groups -OCH3 is 1. The standard InChI is InChI=1S/C17H25N5O4/c1-17(2,3)26-16(24)20-6-5-7-22-13-11(21-15(22)19)8-10(14(18)23)9-12(13)25-4/h8-9H,5-7H2,1-4H3,(H2,18,23)(H2,19,21)(H,20,24). The molecule has 142 valence electrons. The number of aromatic nitrogens is 2. The van der Waals surface area contributed by atoms with Gasteiger partial charge in [-0.2, -0.15) is 0 Å². The molecule has 1 aromatic heterocycles. The van der Waals surface area contributed by atoms with E-state index in [1.54, 1.807) is 37.5 Å². The minimum absolute atomic E-state index is 0.289. The highest BCUT2D eigenvalue weighted by Crippen LogP contribution is 2.29. The summed E-state index contributed by atoms with van der Waals surface area (Å²) in [5, 5.41) is 2.69. The predicted molar refractivity (Wildman–Crippen MR) is 98.1 cm³/mol. The zero-order valence-electron chi connectivity index (χ0n) is 15.5. The Kier molecular flexibility index (Phi) is 5.59. The second-order valence-corrected chi connectivity index (χ2v) is 6.81.